The number of hydrogen-bond donors (Lipinski definition) is 1. The molecule has 1 amide bonds. The summed E-state index contributed by atoms with van der Waals surface area (Å²) in [7, 11) is 0. The lowest BCUT2D eigenvalue weighted by Crippen LogP contribution is -2.29. The first-order valence-electron chi connectivity index (χ1n) is 9.39. The maximum Gasteiger partial charge on any atom is 0.263 e. The number of thioether (sulfide) groups is 1. The lowest BCUT2D eigenvalue weighted by atomic mass is 10.1. The molecule has 0 radical (unpaired) electrons. The van der Waals surface area contributed by atoms with Gasteiger partial charge < -0.3 is 5.32 Å². The van der Waals surface area contributed by atoms with Crippen molar-refractivity contribution in [2.24, 2.45) is 0 Å². The van der Waals surface area contributed by atoms with Gasteiger partial charge in [0.05, 0.1) is 17.2 Å². The quantitative estimate of drug-likeness (QED) is 0.410. The fraction of sp³-hybridized carbons (Fsp3) is 0.381. The Balaban J connectivity index is 1.81. The number of nitrogens with one attached hydrogen (secondary N) is 1. The van der Waals surface area contributed by atoms with Crippen molar-refractivity contribution >= 4 is 50.8 Å². The maximum atomic E-state index is 13.1. The van der Waals surface area contributed by atoms with Gasteiger partial charge >= 0.3 is 0 Å². The number of amides is 1. The molecule has 3 rings (SSSR count). The van der Waals surface area contributed by atoms with Gasteiger partial charge in [-0.05, 0) is 51.8 Å². The highest BCUT2D eigenvalue weighted by molar-refractivity contribution is 7.99. The minimum absolute atomic E-state index is 0.0424. The fourth-order valence-corrected chi connectivity index (χ4v) is 5.47. The van der Waals surface area contributed by atoms with E-state index in [4.69, 9.17) is 16.6 Å². The molecule has 0 spiro atoms. The summed E-state index contributed by atoms with van der Waals surface area (Å²) < 4.78 is 1.68. The van der Waals surface area contributed by atoms with E-state index in [1.165, 1.54) is 23.1 Å². The minimum Gasteiger partial charge on any atom is -0.349 e. The van der Waals surface area contributed by atoms with Crippen molar-refractivity contribution in [3.05, 3.63) is 55.6 Å². The van der Waals surface area contributed by atoms with Crippen molar-refractivity contribution in [3.63, 3.8) is 0 Å². The van der Waals surface area contributed by atoms with Crippen LogP contribution in [0.1, 0.15) is 48.9 Å². The molecule has 0 aliphatic rings. The van der Waals surface area contributed by atoms with Gasteiger partial charge in [-0.25, -0.2) is 4.98 Å². The van der Waals surface area contributed by atoms with Crippen LogP contribution in [-0.2, 0) is 4.79 Å². The van der Waals surface area contributed by atoms with E-state index in [9.17, 15) is 9.59 Å². The number of rotatable bonds is 6. The molecule has 0 saturated carbocycles. The molecule has 8 heteroatoms. The van der Waals surface area contributed by atoms with Crippen LogP contribution in [0.2, 0.25) is 5.02 Å². The highest BCUT2D eigenvalue weighted by Gasteiger charge is 2.20. The third kappa shape index (κ3) is 4.52. The minimum atomic E-state index is -0.206. The SMILES string of the molecule is Cc1sc2nc(SCC(=O)NC(C)c3ccccc3Cl)n(C(C)C)c(=O)c2c1C. The van der Waals surface area contributed by atoms with Crippen LogP contribution < -0.4 is 10.9 Å². The molecule has 2 heterocycles. The van der Waals surface area contributed by atoms with Gasteiger partial charge in [-0.15, -0.1) is 11.3 Å². The molecular formula is C21H24ClN3O2S2. The number of aromatic nitrogens is 2. The average Bonchev–Trinajstić information content (AvgIpc) is 2.94. The van der Waals surface area contributed by atoms with Crippen LogP contribution in [0.25, 0.3) is 10.2 Å². The predicted octanol–water partition coefficient (Wildman–Crippen LogP) is 5.28. The van der Waals surface area contributed by atoms with E-state index in [1.807, 2.05) is 52.8 Å². The van der Waals surface area contributed by atoms with Crippen LogP contribution in [-0.4, -0.2) is 21.2 Å². The molecule has 0 bridgehead atoms. The van der Waals surface area contributed by atoms with E-state index in [1.54, 1.807) is 10.6 Å². The van der Waals surface area contributed by atoms with Crippen molar-refractivity contribution in [1.29, 1.82) is 0 Å². The van der Waals surface area contributed by atoms with E-state index < -0.39 is 0 Å². The summed E-state index contributed by atoms with van der Waals surface area (Å²) in [5.74, 6) is 0.0358. The summed E-state index contributed by atoms with van der Waals surface area (Å²) in [4.78, 5) is 32.1. The van der Waals surface area contributed by atoms with Crippen LogP contribution in [0.5, 0.6) is 0 Å². The molecule has 2 aromatic heterocycles. The molecular weight excluding hydrogens is 426 g/mol. The molecule has 0 saturated heterocycles. The van der Waals surface area contributed by atoms with E-state index in [-0.39, 0.29) is 29.3 Å². The van der Waals surface area contributed by atoms with Crippen molar-refractivity contribution in [2.45, 2.75) is 51.9 Å². The number of thiophene rings is 1. The third-order valence-electron chi connectivity index (χ3n) is 4.80. The average molecular weight is 450 g/mol. The molecule has 0 aliphatic carbocycles. The normalized spacial score (nSPS) is 12.5. The van der Waals surface area contributed by atoms with Crippen molar-refractivity contribution in [1.82, 2.24) is 14.9 Å². The Labute approximate surface area is 183 Å². The van der Waals surface area contributed by atoms with E-state index in [0.717, 1.165) is 20.8 Å². The van der Waals surface area contributed by atoms with Gasteiger partial charge in [0.15, 0.2) is 5.16 Å². The van der Waals surface area contributed by atoms with Crippen molar-refractivity contribution in [3.8, 4) is 0 Å². The summed E-state index contributed by atoms with van der Waals surface area (Å²) >= 11 is 9.02. The molecule has 1 N–H and O–H groups in total. The van der Waals surface area contributed by atoms with Gasteiger partial charge in [0.1, 0.15) is 4.83 Å². The summed E-state index contributed by atoms with van der Waals surface area (Å²) in [6.07, 6.45) is 0. The number of hydrogen-bond acceptors (Lipinski definition) is 5. The zero-order valence-electron chi connectivity index (χ0n) is 17.1. The Morgan fingerprint density at radius 2 is 1.97 bits per heavy atom. The molecule has 5 nitrogen and oxygen atoms in total. The Bertz CT molecular complexity index is 1120. The van der Waals surface area contributed by atoms with E-state index in [0.29, 0.717) is 15.6 Å². The van der Waals surface area contributed by atoms with Gasteiger partial charge in [-0.2, -0.15) is 0 Å². The van der Waals surface area contributed by atoms with Crippen LogP contribution in [0.3, 0.4) is 0 Å². The molecule has 154 valence electrons. The number of carbonyl (C=O) groups excluding carboxylic acids is 1. The lowest BCUT2D eigenvalue weighted by Gasteiger charge is -2.17. The Kier molecular flexibility index (Phi) is 6.71. The Morgan fingerprint density at radius 3 is 2.62 bits per heavy atom. The zero-order valence-corrected chi connectivity index (χ0v) is 19.5. The van der Waals surface area contributed by atoms with Crippen LogP contribution >= 0.6 is 34.7 Å². The van der Waals surface area contributed by atoms with Gasteiger partial charge in [-0.1, -0.05) is 41.6 Å². The fourth-order valence-electron chi connectivity index (χ4n) is 3.16. The largest absolute Gasteiger partial charge is 0.349 e. The second kappa shape index (κ2) is 8.90. The summed E-state index contributed by atoms with van der Waals surface area (Å²) in [6, 6.07) is 7.20. The number of carbonyl (C=O) groups is 1. The molecule has 1 aromatic carbocycles. The topological polar surface area (TPSA) is 64.0 Å². The van der Waals surface area contributed by atoms with Crippen LogP contribution in [0.15, 0.2) is 34.2 Å². The standard InChI is InChI=1S/C21H24ClN3O2S2/c1-11(2)25-20(27)18-12(3)14(5)29-19(18)24-21(25)28-10-17(26)23-13(4)15-8-6-7-9-16(15)22/h6-9,11,13H,10H2,1-5H3,(H,23,26). The highest BCUT2D eigenvalue weighted by Crippen LogP contribution is 2.29. The van der Waals surface area contributed by atoms with Gasteiger partial charge in [0.2, 0.25) is 5.91 Å². The summed E-state index contributed by atoms with van der Waals surface area (Å²) in [5.41, 5.74) is 1.81. The Morgan fingerprint density at radius 1 is 1.28 bits per heavy atom. The zero-order chi connectivity index (χ0) is 21.3. The van der Waals surface area contributed by atoms with Crippen LogP contribution in [0, 0.1) is 13.8 Å². The highest BCUT2D eigenvalue weighted by atomic mass is 35.5. The first-order chi connectivity index (χ1) is 13.7. The monoisotopic (exact) mass is 449 g/mol. The predicted molar refractivity (Wildman–Crippen MR) is 122 cm³/mol. The number of aryl methyl sites for hydroxylation is 2. The smallest absolute Gasteiger partial charge is 0.263 e. The summed E-state index contributed by atoms with van der Waals surface area (Å²) in [5, 5.41) is 4.84. The number of fused-ring (bicyclic) bond motifs is 1. The van der Waals surface area contributed by atoms with Gasteiger partial charge in [0.25, 0.3) is 5.56 Å². The summed E-state index contributed by atoms with van der Waals surface area (Å²) in [6.45, 7) is 9.75. The van der Waals surface area contributed by atoms with Gasteiger partial charge in [0, 0.05) is 15.9 Å². The maximum absolute atomic E-state index is 13.1. The first kappa shape index (κ1) is 21.9. The molecule has 0 aliphatic heterocycles. The molecule has 3 aromatic rings. The second-order valence-electron chi connectivity index (χ2n) is 7.23. The number of benzene rings is 1. The molecule has 29 heavy (non-hydrogen) atoms. The molecule has 0 fully saturated rings. The van der Waals surface area contributed by atoms with Crippen molar-refractivity contribution in [2.75, 3.05) is 5.75 Å². The van der Waals surface area contributed by atoms with E-state index >= 15 is 0 Å². The van der Waals surface area contributed by atoms with Gasteiger partial charge in [-0.3, -0.25) is 14.2 Å². The number of nitrogens with zero attached hydrogens (tertiary/aromatic N) is 2. The molecule has 1 unspecified atom stereocenters. The van der Waals surface area contributed by atoms with E-state index in [2.05, 4.69) is 5.32 Å². The third-order valence-corrected chi connectivity index (χ3v) is 7.20. The Hall–Kier alpha value is -1.83. The second-order valence-corrected chi connectivity index (χ2v) is 9.78. The molecule has 1 atom stereocenters. The lowest BCUT2D eigenvalue weighted by molar-refractivity contribution is -0.119. The first-order valence-corrected chi connectivity index (χ1v) is 11.6. The number of halogens is 1. The van der Waals surface area contributed by atoms with Crippen LogP contribution in [0.4, 0.5) is 0 Å². The van der Waals surface area contributed by atoms with Crippen molar-refractivity contribution < 1.29 is 4.79 Å².